The second-order valence-corrected chi connectivity index (χ2v) is 7.78. The van der Waals surface area contributed by atoms with E-state index in [2.05, 4.69) is 44.6 Å². The van der Waals surface area contributed by atoms with Gasteiger partial charge in [0.05, 0.1) is 0 Å². The quantitative estimate of drug-likeness (QED) is 0.805. The molecular formula is C21H31ClN4O. The summed E-state index contributed by atoms with van der Waals surface area (Å²) < 4.78 is 5.51. The van der Waals surface area contributed by atoms with E-state index >= 15 is 0 Å². The Bertz CT molecular complexity index is 693. The lowest BCUT2D eigenvalue weighted by atomic mass is 9.93. The summed E-state index contributed by atoms with van der Waals surface area (Å²) in [7, 11) is 0. The molecule has 2 aliphatic rings. The van der Waals surface area contributed by atoms with Crippen LogP contribution in [0.25, 0.3) is 11.4 Å². The molecule has 0 unspecified atom stereocenters. The molecule has 0 atom stereocenters. The van der Waals surface area contributed by atoms with Crippen LogP contribution in [-0.4, -0.2) is 41.2 Å². The second-order valence-electron chi connectivity index (χ2n) is 7.78. The second kappa shape index (κ2) is 10.2. The van der Waals surface area contributed by atoms with Crippen LogP contribution in [0, 0.1) is 5.92 Å². The Hall–Kier alpha value is -1.43. The molecular weight excluding hydrogens is 360 g/mol. The third-order valence-electron chi connectivity index (χ3n) is 5.73. The van der Waals surface area contributed by atoms with Crippen molar-refractivity contribution in [3.05, 3.63) is 35.7 Å². The standard InChI is InChI=1S/C21H30N4O.ClH/c1-2-13-25(14-3-1)16-18-5-4-6-19(15-18)21-23-20(26-24-21)8-7-17-9-11-22-12-10-17;/h4-6,15,17,22H,1-3,7-14,16H2;1H. The van der Waals surface area contributed by atoms with E-state index in [0.717, 1.165) is 55.7 Å². The van der Waals surface area contributed by atoms with Crippen molar-refractivity contribution in [2.24, 2.45) is 5.92 Å². The van der Waals surface area contributed by atoms with E-state index in [1.807, 2.05) is 0 Å². The first-order chi connectivity index (χ1) is 12.9. The van der Waals surface area contributed by atoms with Gasteiger partial charge in [-0.2, -0.15) is 4.98 Å². The summed E-state index contributed by atoms with van der Waals surface area (Å²) >= 11 is 0. The van der Waals surface area contributed by atoms with E-state index in [1.54, 1.807) is 0 Å². The molecule has 0 radical (unpaired) electrons. The molecule has 0 saturated carbocycles. The Morgan fingerprint density at radius 3 is 2.74 bits per heavy atom. The SMILES string of the molecule is Cl.c1cc(CN2CCCCC2)cc(-c2noc(CCC3CCNCC3)n2)c1. The molecule has 0 aliphatic carbocycles. The highest BCUT2D eigenvalue weighted by Crippen LogP contribution is 2.22. The Kier molecular flexibility index (Phi) is 7.68. The average molecular weight is 391 g/mol. The number of hydrogen-bond acceptors (Lipinski definition) is 5. The van der Waals surface area contributed by atoms with Gasteiger partial charge in [0.1, 0.15) is 0 Å². The van der Waals surface area contributed by atoms with Crippen LogP contribution < -0.4 is 5.32 Å². The van der Waals surface area contributed by atoms with Crippen molar-refractivity contribution in [3.8, 4) is 11.4 Å². The van der Waals surface area contributed by atoms with Gasteiger partial charge < -0.3 is 9.84 Å². The number of nitrogens with zero attached hydrogens (tertiary/aromatic N) is 3. The smallest absolute Gasteiger partial charge is 0.226 e. The van der Waals surface area contributed by atoms with Crippen molar-refractivity contribution in [1.29, 1.82) is 0 Å². The number of nitrogens with one attached hydrogen (secondary N) is 1. The number of likely N-dealkylation sites (tertiary alicyclic amines) is 1. The molecule has 5 nitrogen and oxygen atoms in total. The average Bonchev–Trinajstić information content (AvgIpc) is 3.17. The van der Waals surface area contributed by atoms with Crippen molar-refractivity contribution < 1.29 is 4.52 Å². The number of halogens is 1. The zero-order chi connectivity index (χ0) is 17.6. The lowest BCUT2D eigenvalue weighted by Crippen LogP contribution is -2.29. The number of hydrogen-bond donors (Lipinski definition) is 1. The molecule has 148 valence electrons. The summed E-state index contributed by atoms with van der Waals surface area (Å²) in [5.74, 6) is 2.30. The van der Waals surface area contributed by atoms with Gasteiger partial charge in [-0.1, -0.05) is 29.8 Å². The monoisotopic (exact) mass is 390 g/mol. The van der Waals surface area contributed by atoms with Gasteiger partial charge in [-0.25, -0.2) is 0 Å². The normalized spacial score (nSPS) is 19.0. The molecule has 2 saturated heterocycles. The minimum atomic E-state index is 0. The first kappa shape index (κ1) is 20.3. The molecule has 6 heteroatoms. The van der Waals surface area contributed by atoms with E-state index in [-0.39, 0.29) is 12.4 Å². The number of piperidine rings is 2. The van der Waals surface area contributed by atoms with Crippen molar-refractivity contribution in [2.45, 2.75) is 51.5 Å². The van der Waals surface area contributed by atoms with Crippen LogP contribution in [0.5, 0.6) is 0 Å². The van der Waals surface area contributed by atoms with E-state index in [9.17, 15) is 0 Å². The number of rotatable bonds is 6. The van der Waals surface area contributed by atoms with Crippen LogP contribution in [-0.2, 0) is 13.0 Å². The van der Waals surface area contributed by atoms with Gasteiger partial charge >= 0.3 is 0 Å². The van der Waals surface area contributed by atoms with Gasteiger partial charge in [-0.3, -0.25) is 4.90 Å². The van der Waals surface area contributed by atoms with Gasteiger partial charge in [0.15, 0.2) is 0 Å². The maximum atomic E-state index is 5.51. The molecule has 1 aromatic carbocycles. The summed E-state index contributed by atoms with van der Waals surface area (Å²) in [4.78, 5) is 7.19. The van der Waals surface area contributed by atoms with E-state index < -0.39 is 0 Å². The predicted octanol–water partition coefficient (Wildman–Crippen LogP) is 4.08. The molecule has 1 aromatic heterocycles. The zero-order valence-corrected chi connectivity index (χ0v) is 16.8. The highest BCUT2D eigenvalue weighted by Gasteiger charge is 2.16. The maximum Gasteiger partial charge on any atom is 0.226 e. The number of aryl methyl sites for hydroxylation is 1. The lowest BCUT2D eigenvalue weighted by molar-refractivity contribution is 0.221. The van der Waals surface area contributed by atoms with Crippen LogP contribution >= 0.6 is 12.4 Å². The topological polar surface area (TPSA) is 54.2 Å². The summed E-state index contributed by atoms with van der Waals surface area (Å²) in [6, 6.07) is 8.62. The van der Waals surface area contributed by atoms with Gasteiger partial charge in [0.2, 0.25) is 11.7 Å². The number of benzene rings is 1. The Morgan fingerprint density at radius 1 is 1.11 bits per heavy atom. The Balaban J connectivity index is 0.00000210. The summed E-state index contributed by atoms with van der Waals surface area (Å²) in [5.41, 5.74) is 2.40. The number of aromatic nitrogens is 2. The first-order valence-corrected chi connectivity index (χ1v) is 10.2. The Morgan fingerprint density at radius 2 is 1.93 bits per heavy atom. The van der Waals surface area contributed by atoms with Crippen molar-refractivity contribution in [2.75, 3.05) is 26.2 Å². The largest absolute Gasteiger partial charge is 0.339 e. The third kappa shape index (κ3) is 5.77. The van der Waals surface area contributed by atoms with E-state index in [0.29, 0.717) is 0 Å². The predicted molar refractivity (Wildman–Crippen MR) is 110 cm³/mol. The minimum Gasteiger partial charge on any atom is -0.339 e. The molecule has 27 heavy (non-hydrogen) atoms. The molecule has 0 spiro atoms. The highest BCUT2D eigenvalue weighted by molar-refractivity contribution is 5.85. The lowest BCUT2D eigenvalue weighted by Gasteiger charge is -2.26. The summed E-state index contributed by atoms with van der Waals surface area (Å²) in [5, 5.41) is 7.64. The molecule has 2 aliphatic heterocycles. The molecule has 0 amide bonds. The summed E-state index contributed by atoms with van der Waals surface area (Å²) in [6.07, 6.45) is 8.60. The minimum absolute atomic E-state index is 0. The summed E-state index contributed by atoms with van der Waals surface area (Å²) in [6.45, 7) is 5.74. The first-order valence-electron chi connectivity index (χ1n) is 10.2. The van der Waals surface area contributed by atoms with Crippen LogP contribution in [0.1, 0.15) is 50.0 Å². The van der Waals surface area contributed by atoms with Gasteiger partial charge in [-0.05, 0) is 75.8 Å². The molecule has 3 heterocycles. The van der Waals surface area contributed by atoms with Gasteiger partial charge in [-0.15, -0.1) is 12.4 Å². The fourth-order valence-electron chi connectivity index (χ4n) is 4.16. The molecule has 1 N–H and O–H groups in total. The van der Waals surface area contributed by atoms with Crippen molar-refractivity contribution >= 4 is 12.4 Å². The Labute approximate surface area is 168 Å². The van der Waals surface area contributed by atoms with Crippen molar-refractivity contribution in [3.63, 3.8) is 0 Å². The molecule has 2 fully saturated rings. The third-order valence-corrected chi connectivity index (χ3v) is 5.73. The fourth-order valence-corrected chi connectivity index (χ4v) is 4.16. The fraction of sp³-hybridized carbons (Fsp3) is 0.619. The molecule has 4 rings (SSSR count). The molecule has 2 aromatic rings. The zero-order valence-electron chi connectivity index (χ0n) is 16.0. The van der Waals surface area contributed by atoms with Crippen LogP contribution in [0.4, 0.5) is 0 Å². The van der Waals surface area contributed by atoms with Crippen LogP contribution in [0.3, 0.4) is 0 Å². The van der Waals surface area contributed by atoms with E-state index in [1.165, 1.54) is 50.8 Å². The maximum absolute atomic E-state index is 5.51. The molecule has 0 bridgehead atoms. The van der Waals surface area contributed by atoms with Gasteiger partial charge in [0.25, 0.3) is 0 Å². The van der Waals surface area contributed by atoms with Gasteiger partial charge in [0, 0.05) is 18.5 Å². The van der Waals surface area contributed by atoms with E-state index in [4.69, 9.17) is 4.52 Å². The van der Waals surface area contributed by atoms with Crippen LogP contribution in [0.15, 0.2) is 28.8 Å². The van der Waals surface area contributed by atoms with Crippen molar-refractivity contribution in [1.82, 2.24) is 20.4 Å². The van der Waals surface area contributed by atoms with Crippen LogP contribution in [0.2, 0.25) is 0 Å². The highest BCUT2D eigenvalue weighted by atomic mass is 35.5.